The van der Waals surface area contributed by atoms with Crippen molar-refractivity contribution >= 4 is 11.8 Å². The summed E-state index contributed by atoms with van der Waals surface area (Å²) in [6.07, 6.45) is 4.21. The molecule has 120 valence electrons. The summed E-state index contributed by atoms with van der Waals surface area (Å²) in [7, 11) is 0. The van der Waals surface area contributed by atoms with E-state index in [2.05, 4.69) is 84.8 Å². The zero-order valence-electron chi connectivity index (χ0n) is 14.2. The second-order valence-electron chi connectivity index (χ2n) is 5.32. The number of para-hydroxylation sites is 1. The molecule has 0 saturated heterocycles. The van der Waals surface area contributed by atoms with Gasteiger partial charge in [-0.15, -0.1) is 6.58 Å². The van der Waals surface area contributed by atoms with E-state index in [1.807, 2.05) is 18.2 Å². The van der Waals surface area contributed by atoms with E-state index in [-0.39, 0.29) is 0 Å². The van der Waals surface area contributed by atoms with E-state index >= 15 is 0 Å². The minimum atomic E-state index is 0.777. The largest absolute Gasteiger partial charge is 0.359 e. The highest BCUT2D eigenvalue weighted by Crippen LogP contribution is 2.23. The summed E-state index contributed by atoms with van der Waals surface area (Å²) in [5.74, 6) is 1.20. The molecule has 2 rings (SSSR count). The normalized spacial score (nSPS) is 11.1. The molecule has 2 nitrogen and oxygen atoms in total. The molecule has 0 heterocycles. The number of benzene rings is 2. The molecule has 0 amide bonds. The Labute approximate surface area is 140 Å². The zero-order chi connectivity index (χ0) is 16.5. The fraction of sp³-hybridized carbons (Fsp3) is 0.238. The fourth-order valence-electron chi connectivity index (χ4n) is 2.65. The summed E-state index contributed by atoms with van der Waals surface area (Å²) in [5.41, 5.74) is 2.39. The predicted octanol–water partition coefficient (Wildman–Crippen LogP) is 5.02. The van der Waals surface area contributed by atoms with E-state index in [4.69, 9.17) is 0 Å². The van der Waals surface area contributed by atoms with Crippen LogP contribution in [-0.2, 0) is 0 Å². The number of nitrogens with zero attached hydrogens (tertiary/aromatic N) is 2. The van der Waals surface area contributed by atoms with E-state index in [0.717, 1.165) is 19.6 Å². The summed E-state index contributed by atoms with van der Waals surface area (Å²) < 4.78 is 0. The Balaban J connectivity index is 2.49. The molecule has 2 aromatic rings. The summed E-state index contributed by atoms with van der Waals surface area (Å²) >= 11 is 0. The minimum Gasteiger partial charge on any atom is -0.359 e. The number of hydrogen-bond donors (Lipinski definition) is 0. The minimum absolute atomic E-state index is 0.777. The van der Waals surface area contributed by atoms with Crippen LogP contribution in [0, 0.1) is 0 Å². The topological polar surface area (TPSA) is 6.48 Å². The lowest BCUT2D eigenvalue weighted by Gasteiger charge is -2.34. The van der Waals surface area contributed by atoms with E-state index < -0.39 is 0 Å². The number of hydrogen-bond acceptors (Lipinski definition) is 2. The van der Waals surface area contributed by atoms with Crippen LogP contribution in [0.1, 0.15) is 19.4 Å². The maximum atomic E-state index is 3.94. The SMILES string of the molecule is C=CCN(/C(=C/c1ccccc1)N(CC)CC)c1ccccc1. The molecule has 0 radical (unpaired) electrons. The van der Waals surface area contributed by atoms with Gasteiger partial charge < -0.3 is 9.80 Å². The highest BCUT2D eigenvalue weighted by Gasteiger charge is 2.15. The van der Waals surface area contributed by atoms with Crippen LogP contribution in [0.3, 0.4) is 0 Å². The summed E-state index contributed by atoms with van der Waals surface area (Å²) in [6, 6.07) is 21.0. The van der Waals surface area contributed by atoms with Crippen LogP contribution in [0.4, 0.5) is 5.69 Å². The molecule has 2 heteroatoms. The monoisotopic (exact) mass is 306 g/mol. The molecule has 0 aliphatic rings. The average molecular weight is 306 g/mol. The second kappa shape index (κ2) is 8.84. The van der Waals surface area contributed by atoms with Crippen LogP contribution < -0.4 is 4.90 Å². The third-order valence-corrected chi connectivity index (χ3v) is 3.84. The van der Waals surface area contributed by atoms with Gasteiger partial charge in [-0.05, 0) is 37.6 Å². The van der Waals surface area contributed by atoms with Gasteiger partial charge in [0.1, 0.15) is 5.82 Å². The smallest absolute Gasteiger partial charge is 0.109 e. The van der Waals surface area contributed by atoms with Crippen molar-refractivity contribution in [3.8, 4) is 0 Å². The van der Waals surface area contributed by atoms with E-state index in [9.17, 15) is 0 Å². The van der Waals surface area contributed by atoms with Crippen molar-refractivity contribution in [2.75, 3.05) is 24.5 Å². The Kier molecular flexibility index (Phi) is 6.49. The first-order valence-electron chi connectivity index (χ1n) is 8.25. The van der Waals surface area contributed by atoms with Gasteiger partial charge in [-0.2, -0.15) is 0 Å². The molecule has 0 aliphatic carbocycles. The third-order valence-electron chi connectivity index (χ3n) is 3.84. The molecule has 0 bridgehead atoms. The van der Waals surface area contributed by atoms with Gasteiger partial charge in [-0.25, -0.2) is 0 Å². The lowest BCUT2D eigenvalue weighted by atomic mass is 10.2. The lowest BCUT2D eigenvalue weighted by molar-refractivity contribution is 0.375. The third kappa shape index (κ3) is 4.49. The van der Waals surface area contributed by atoms with Crippen LogP contribution in [0.2, 0.25) is 0 Å². The van der Waals surface area contributed by atoms with Crippen LogP contribution in [0.15, 0.2) is 79.1 Å². The summed E-state index contributed by atoms with van der Waals surface area (Å²) in [6.45, 7) is 11.0. The van der Waals surface area contributed by atoms with Crippen LogP contribution >= 0.6 is 0 Å². The Morgan fingerprint density at radius 3 is 2.00 bits per heavy atom. The molecule has 0 saturated carbocycles. The zero-order valence-corrected chi connectivity index (χ0v) is 14.2. The molecule has 0 fully saturated rings. The van der Waals surface area contributed by atoms with Crippen molar-refractivity contribution in [1.82, 2.24) is 4.90 Å². The van der Waals surface area contributed by atoms with Gasteiger partial charge in [0.15, 0.2) is 0 Å². The first kappa shape index (κ1) is 16.9. The van der Waals surface area contributed by atoms with Crippen LogP contribution in [0.25, 0.3) is 6.08 Å². The van der Waals surface area contributed by atoms with Crippen molar-refractivity contribution in [1.29, 1.82) is 0 Å². The Hall–Kier alpha value is -2.48. The Bertz CT molecular complexity index is 613. The molecule has 0 unspecified atom stereocenters. The summed E-state index contributed by atoms with van der Waals surface area (Å²) in [4.78, 5) is 4.69. The molecule has 23 heavy (non-hydrogen) atoms. The van der Waals surface area contributed by atoms with E-state index in [1.54, 1.807) is 0 Å². The van der Waals surface area contributed by atoms with E-state index in [1.165, 1.54) is 17.1 Å². The number of anilines is 1. The first-order valence-corrected chi connectivity index (χ1v) is 8.25. The molecule has 2 aromatic carbocycles. The van der Waals surface area contributed by atoms with Crippen molar-refractivity contribution in [3.63, 3.8) is 0 Å². The predicted molar refractivity (Wildman–Crippen MR) is 101 cm³/mol. The molecule has 0 atom stereocenters. The van der Waals surface area contributed by atoms with Gasteiger partial charge in [-0.1, -0.05) is 54.6 Å². The molecular formula is C21H26N2. The molecule has 0 spiro atoms. The van der Waals surface area contributed by atoms with Gasteiger partial charge in [0.05, 0.1) is 0 Å². The van der Waals surface area contributed by atoms with Gasteiger partial charge in [0.2, 0.25) is 0 Å². The second-order valence-corrected chi connectivity index (χ2v) is 5.32. The average Bonchev–Trinajstić information content (AvgIpc) is 2.61. The van der Waals surface area contributed by atoms with Gasteiger partial charge in [0, 0.05) is 25.3 Å². The number of rotatable bonds is 8. The quantitative estimate of drug-likeness (QED) is 0.632. The fourth-order valence-corrected chi connectivity index (χ4v) is 2.65. The van der Waals surface area contributed by atoms with Gasteiger partial charge >= 0.3 is 0 Å². The lowest BCUT2D eigenvalue weighted by Crippen LogP contribution is -2.35. The Morgan fingerprint density at radius 2 is 1.48 bits per heavy atom. The van der Waals surface area contributed by atoms with Crippen LogP contribution in [-0.4, -0.2) is 24.5 Å². The molecule has 0 N–H and O–H groups in total. The molecule has 0 aliphatic heterocycles. The standard InChI is InChI=1S/C21H26N2/c1-4-17-23(20-15-11-8-12-16-20)21(22(5-2)6-3)18-19-13-9-7-10-14-19/h4,7-16,18H,1,5-6,17H2,2-3H3/b21-18+. The van der Waals surface area contributed by atoms with Crippen molar-refractivity contribution in [2.24, 2.45) is 0 Å². The van der Waals surface area contributed by atoms with Crippen molar-refractivity contribution in [3.05, 3.63) is 84.7 Å². The maximum Gasteiger partial charge on any atom is 0.109 e. The van der Waals surface area contributed by atoms with Gasteiger partial charge in [0.25, 0.3) is 0 Å². The Morgan fingerprint density at radius 1 is 0.913 bits per heavy atom. The summed E-state index contributed by atoms with van der Waals surface area (Å²) in [5, 5.41) is 0. The maximum absolute atomic E-state index is 3.94. The first-order chi connectivity index (χ1) is 11.3. The van der Waals surface area contributed by atoms with E-state index in [0.29, 0.717) is 0 Å². The highest BCUT2D eigenvalue weighted by atomic mass is 15.3. The van der Waals surface area contributed by atoms with Crippen molar-refractivity contribution < 1.29 is 0 Å². The highest BCUT2D eigenvalue weighted by molar-refractivity contribution is 5.61. The van der Waals surface area contributed by atoms with Gasteiger partial charge in [-0.3, -0.25) is 0 Å². The molecule has 0 aromatic heterocycles. The molecular weight excluding hydrogens is 280 g/mol. The van der Waals surface area contributed by atoms with Crippen molar-refractivity contribution in [2.45, 2.75) is 13.8 Å². The van der Waals surface area contributed by atoms with Crippen LogP contribution in [0.5, 0.6) is 0 Å².